The van der Waals surface area contributed by atoms with Gasteiger partial charge < -0.3 is 9.30 Å². The average molecular weight is 364 g/mol. The second kappa shape index (κ2) is 7.95. The van der Waals surface area contributed by atoms with Gasteiger partial charge in [-0.3, -0.25) is 4.79 Å². The van der Waals surface area contributed by atoms with E-state index in [4.69, 9.17) is 4.98 Å². The number of unbranched alkanes of at least 4 members (excludes halogenated alkanes) is 1. The number of nitrogens with zero attached hydrogens (tertiary/aromatic N) is 3. The van der Waals surface area contributed by atoms with Gasteiger partial charge in [0.1, 0.15) is 5.65 Å². The molecule has 2 heterocycles. The molecule has 0 saturated carbocycles. The Bertz CT molecular complexity index is 971. The summed E-state index contributed by atoms with van der Waals surface area (Å²) in [4.78, 5) is 19.6. The molecule has 1 amide bonds. The molecule has 0 radical (unpaired) electrons. The summed E-state index contributed by atoms with van der Waals surface area (Å²) in [7, 11) is 1.89. The minimum Gasteiger partial charge on any atom is -0.345 e. The van der Waals surface area contributed by atoms with Crippen molar-refractivity contribution in [1.29, 1.82) is 0 Å². The SMILES string of the molecule is CCCCN(C)C(=O)Cc1c(-c2ccc(C)c(C)c2)nc2c(C)cccn12. The van der Waals surface area contributed by atoms with Crippen molar-refractivity contribution in [2.24, 2.45) is 0 Å². The molecular formula is C23H29N3O. The van der Waals surface area contributed by atoms with Gasteiger partial charge in [-0.25, -0.2) is 4.98 Å². The molecule has 2 aromatic heterocycles. The molecule has 0 aliphatic heterocycles. The third-order valence-electron chi connectivity index (χ3n) is 5.32. The molecule has 27 heavy (non-hydrogen) atoms. The average Bonchev–Trinajstić information content (AvgIpc) is 3.02. The summed E-state index contributed by atoms with van der Waals surface area (Å²) in [6, 6.07) is 10.5. The Labute approximate surface area is 161 Å². The first-order valence-corrected chi connectivity index (χ1v) is 9.70. The van der Waals surface area contributed by atoms with Gasteiger partial charge >= 0.3 is 0 Å². The van der Waals surface area contributed by atoms with Crippen molar-refractivity contribution < 1.29 is 4.79 Å². The summed E-state index contributed by atoms with van der Waals surface area (Å²) in [5, 5.41) is 0. The molecule has 4 nitrogen and oxygen atoms in total. The van der Waals surface area contributed by atoms with E-state index >= 15 is 0 Å². The Hall–Kier alpha value is -2.62. The molecule has 4 heteroatoms. The van der Waals surface area contributed by atoms with Crippen molar-refractivity contribution in [3.8, 4) is 11.3 Å². The van der Waals surface area contributed by atoms with Crippen molar-refractivity contribution in [3.05, 3.63) is 58.9 Å². The van der Waals surface area contributed by atoms with Gasteiger partial charge in [-0.15, -0.1) is 0 Å². The number of hydrogen-bond acceptors (Lipinski definition) is 2. The van der Waals surface area contributed by atoms with Crippen LogP contribution in [-0.2, 0) is 11.2 Å². The number of fused-ring (bicyclic) bond motifs is 1. The van der Waals surface area contributed by atoms with Crippen LogP contribution in [0, 0.1) is 20.8 Å². The van der Waals surface area contributed by atoms with E-state index in [1.807, 2.05) is 24.2 Å². The van der Waals surface area contributed by atoms with E-state index < -0.39 is 0 Å². The van der Waals surface area contributed by atoms with Crippen LogP contribution in [0.1, 0.15) is 42.1 Å². The lowest BCUT2D eigenvalue weighted by Gasteiger charge is -2.17. The number of carbonyl (C=O) groups excluding carboxylic acids is 1. The Balaban J connectivity index is 2.07. The zero-order valence-corrected chi connectivity index (χ0v) is 17.0. The lowest BCUT2D eigenvalue weighted by molar-refractivity contribution is -0.129. The predicted octanol–water partition coefficient (Wildman–Crippen LogP) is 4.73. The normalized spacial score (nSPS) is 11.1. The molecule has 3 rings (SSSR count). The summed E-state index contributed by atoms with van der Waals surface area (Å²) >= 11 is 0. The van der Waals surface area contributed by atoms with Crippen LogP contribution < -0.4 is 0 Å². The minimum atomic E-state index is 0.136. The van der Waals surface area contributed by atoms with E-state index in [1.165, 1.54) is 11.1 Å². The first kappa shape index (κ1) is 19.2. The van der Waals surface area contributed by atoms with Gasteiger partial charge in [0.25, 0.3) is 0 Å². The van der Waals surface area contributed by atoms with Crippen molar-refractivity contribution in [2.45, 2.75) is 47.0 Å². The molecule has 3 aromatic rings. The van der Waals surface area contributed by atoms with Crippen LogP contribution in [0.2, 0.25) is 0 Å². The Morgan fingerprint density at radius 1 is 1.11 bits per heavy atom. The van der Waals surface area contributed by atoms with Gasteiger partial charge in [-0.2, -0.15) is 0 Å². The highest BCUT2D eigenvalue weighted by molar-refractivity contribution is 5.82. The highest BCUT2D eigenvalue weighted by atomic mass is 16.2. The standard InChI is InChI=1S/C23H29N3O/c1-6-7-12-25(5)21(27)15-20-22(19-11-10-16(2)18(4)14-19)24-23-17(3)9-8-13-26(20)23/h8-11,13-14H,6-7,12,15H2,1-5H3. The number of carbonyl (C=O) groups is 1. The van der Waals surface area contributed by atoms with Gasteiger partial charge in [-0.05, 0) is 56.0 Å². The van der Waals surface area contributed by atoms with Crippen LogP contribution in [-0.4, -0.2) is 33.8 Å². The van der Waals surface area contributed by atoms with Gasteiger partial charge in [-0.1, -0.05) is 31.5 Å². The quantitative estimate of drug-likeness (QED) is 0.635. The molecular weight excluding hydrogens is 334 g/mol. The molecule has 0 atom stereocenters. The van der Waals surface area contributed by atoms with Crippen molar-refractivity contribution in [1.82, 2.24) is 14.3 Å². The summed E-state index contributed by atoms with van der Waals surface area (Å²) in [6.07, 6.45) is 4.47. The molecule has 1 aromatic carbocycles. The molecule has 0 spiro atoms. The number of likely N-dealkylation sites (N-methyl/N-ethyl adjacent to an activating group) is 1. The molecule has 142 valence electrons. The third kappa shape index (κ3) is 3.90. The molecule has 0 aliphatic rings. The first-order chi connectivity index (χ1) is 12.9. The smallest absolute Gasteiger partial charge is 0.228 e. The van der Waals surface area contributed by atoms with Crippen molar-refractivity contribution in [2.75, 3.05) is 13.6 Å². The van der Waals surface area contributed by atoms with Crippen LogP contribution in [0.15, 0.2) is 36.5 Å². The fourth-order valence-corrected chi connectivity index (χ4v) is 3.34. The van der Waals surface area contributed by atoms with Crippen LogP contribution in [0.4, 0.5) is 0 Å². The maximum absolute atomic E-state index is 12.8. The van der Waals surface area contributed by atoms with E-state index in [0.29, 0.717) is 6.42 Å². The van der Waals surface area contributed by atoms with Gasteiger partial charge in [0.15, 0.2) is 0 Å². The zero-order chi connectivity index (χ0) is 19.6. The number of amides is 1. The highest BCUT2D eigenvalue weighted by Gasteiger charge is 2.20. The fourth-order valence-electron chi connectivity index (χ4n) is 3.34. The van der Waals surface area contributed by atoms with E-state index in [0.717, 1.165) is 47.5 Å². The van der Waals surface area contributed by atoms with Gasteiger partial charge in [0.2, 0.25) is 5.91 Å². The van der Waals surface area contributed by atoms with Crippen LogP contribution >= 0.6 is 0 Å². The Kier molecular flexibility index (Phi) is 5.64. The number of aryl methyl sites for hydroxylation is 3. The first-order valence-electron chi connectivity index (χ1n) is 9.70. The van der Waals surface area contributed by atoms with Crippen LogP contribution in [0.5, 0.6) is 0 Å². The second-order valence-electron chi connectivity index (χ2n) is 7.44. The largest absolute Gasteiger partial charge is 0.345 e. The van der Waals surface area contributed by atoms with E-state index in [9.17, 15) is 4.79 Å². The summed E-state index contributed by atoms with van der Waals surface area (Å²) in [5.74, 6) is 0.136. The van der Waals surface area contributed by atoms with Gasteiger partial charge in [0, 0.05) is 25.4 Å². The number of benzene rings is 1. The van der Waals surface area contributed by atoms with E-state index in [1.54, 1.807) is 0 Å². The van der Waals surface area contributed by atoms with Gasteiger partial charge in [0.05, 0.1) is 17.8 Å². The van der Waals surface area contributed by atoms with Crippen LogP contribution in [0.3, 0.4) is 0 Å². The lowest BCUT2D eigenvalue weighted by Crippen LogP contribution is -2.29. The zero-order valence-electron chi connectivity index (χ0n) is 17.0. The molecule has 0 unspecified atom stereocenters. The van der Waals surface area contributed by atoms with Crippen molar-refractivity contribution >= 4 is 11.6 Å². The highest BCUT2D eigenvalue weighted by Crippen LogP contribution is 2.28. The monoisotopic (exact) mass is 363 g/mol. The third-order valence-corrected chi connectivity index (χ3v) is 5.32. The second-order valence-corrected chi connectivity index (χ2v) is 7.44. The number of aromatic nitrogens is 2. The van der Waals surface area contributed by atoms with Crippen LogP contribution in [0.25, 0.3) is 16.9 Å². The number of rotatable bonds is 6. The number of imidazole rings is 1. The minimum absolute atomic E-state index is 0.136. The van der Waals surface area contributed by atoms with Crippen molar-refractivity contribution in [3.63, 3.8) is 0 Å². The summed E-state index contributed by atoms with van der Waals surface area (Å²) in [5.41, 5.74) is 7.47. The van der Waals surface area contributed by atoms with E-state index in [-0.39, 0.29) is 5.91 Å². The summed E-state index contributed by atoms with van der Waals surface area (Å²) < 4.78 is 2.07. The molecule has 0 bridgehead atoms. The lowest BCUT2D eigenvalue weighted by atomic mass is 10.0. The molecule has 0 fully saturated rings. The predicted molar refractivity (Wildman–Crippen MR) is 111 cm³/mol. The fraction of sp³-hybridized carbons (Fsp3) is 0.391. The maximum Gasteiger partial charge on any atom is 0.228 e. The topological polar surface area (TPSA) is 37.6 Å². The molecule has 0 saturated heterocycles. The maximum atomic E-state index is 12.8. The molecule has 0 N–H and O–H groups in total. The van der Waals surface area contributed by atoms with E-state index in [2.05, 4.69) is 56.4 Å². The number of hydrogen-bond donors (Lipinski definition) is 0. The molecule has 0 aliphatic carbocycles. The number of pyridine rings is 1. The Morgan fingerprint density at radius 2 is 1.89 bits per heavy atom. The summed E-state index contributed by atoms with van der Waals surface area (Å²) in [6.45, 7) is 9.22. The Morgan fingerprint density at radius 3 is 2.59 bits per heavy atom.